The topological polar surface area (TPSA) is 38.3 Å². The Morgan fingerprint density at radius 2 is 1.95 bits per heavy atom. The molecule has 0 aromatic rings. The van der Waals surface area contributed by atoms with Crippen LogP contribution in [0.15, 0.2) is 0 Å². The molecule has 1 saturated carbocycles. The quantitative estimate of drug-likeness (QED) is 0.844. The van der Waals surface area contributed by atoms with E-state index in [1.54, 1.807) is 0 Å². The summed E-state index contributed by atoms with van der Waals surface area (Å²) in [6.45, 7) is 3.85. The summed E-state index contributed by atoms with van der Waals surface area (Å²) in [6, 6.07) is 0.455. The van der Waals surface area contributed by atoms with Crippen molar-refractivity contribution in [2.24, 2.45) is 5.92 Å². The van der Waals surface area contributed by atoms with Gasteiger partial charge in [0.15, 0.2) is 0 Å². The second kappa shape index (κ2) is 7.75. The number of hydrogen-bond acceptors (Lipinski definition) is 3. The van der Waals surface area contributed by atoms with Crippen molar-refractivity contribution < 1.29 is 8.95 Å². The minimum absolute atomic E-state index is 0.360. The van der Waals surface area contributed by atoms with Gasteiger partial charge in [-0.2, -0.15) is 0 Å². The molecule has 1 aliphatic carbocycles. The molecule has 2 fully saturated rings. The van der Waals surface area contributed by atoms with Crippen LogP contribution in [-0.2, 0) is 15.5 Å². The summed E-state index contributed by atoms with van der Waals surface area (Å²) in [6.07, 6.45) is 8.18. The van der Waals surface area contributed by atoms with E-state index in [2.05, 4.69) is 12.2 Å². The van der Waals surface area contributed by atoms with Crippen molar-refractivity contribution in [3.8, 4) is 0 Å². The van der Waals surface area contributed by atoms with Gasteiger partial charge < -0.3 is 10.1 Å². The van der Waals surface area contributed by atoms with Gasteiger partial charge in [-0.25, -0.2) is 0 Å². The van der Waals surface area contributed by atoms with E-state index < -0.39 is 10.8 Å². The maximum Gasteiger partial charge on any atom is 0.0506 e. The number of ether oxygens (including phenoxy) is 1. The monoisotopic (exact) mass is 287 g/mol. The lowest BCUT2D eigenvalue weighted by Gasteiger charge is -2.38. The van der Waals surface area contributed by atoms with Crippen molar-refractivity contribution in [1.29, 1.82) is 0 Å². The molecule has 112 valence electrons. The molecule has 4 unspecified atom stereocenters. The van der Waals surface area contributed by atoms with Gasteiger partial charge in [0.05, 0.1) is 5.25 Å². The predicted molar refractivity (Wildman–Crippen MR) is 80.9 cm³/mol. The summed E-state index contributed by atoms with van der Waals surface area (Å²) in [7, 11) is 1.34. The number of hydrogen-bond donors (Lipinski definition) is 1. The Kier molecular flexibility index (Phi) is 6.30. The molecule has 19 heavy (non-hydrogen) atoms. The molecule has 1 N–H and O–H groups in total. The zero-order valence-electron chi connectivity index (χ0n) is 12.4. The first kappa shape index (κ1) is 15.5. The maximum absolute atomic E-state index is 12.9. The minimum atomic E-state index is -0.690. The second-order valence-corrected chi connectivity index (χ2v) is 7.97. The van der Waals surface area contributed by atoms with Crippen LogP contribution in [0.5, 0.6) is 0 Å². The van der Waals surface area contributed by atoms with E-state index in [0.717, 1.165) is 38.4 Å². The summed E-state index contributed by atoms with van der Waals surface area (Å²) in [5, 5.41) is 4.14. The molecule has 4 heteroatoms. The molecular formula is C15H29NO2S. The standard InChI is InChI=1S/C15H29NO2S/c1-3-4-12-5-6-14(16-2)15(11-12)19(17)13-7-9-18-10-8-13/h12-16H,3-11H2,1-2H3. The van der Waals surface area contributed by atoms with Crippen LogP contribution in [0.4, 0.5) is 0 Å². The van der Waals surface area contributed by atoms with Crippen molar-refractivity contribution in [2.75, 3.05) is 20.3 Å². The Balaban J connectivity index is 1.98. The smallest absolute Gasteiger partial charge is 0.0506 e. The highest BCUT2D eigenvalue weighted by molar-refractivity contribution is 7.86. The highest BCUT2D eigenvalue weighted by atomic mass is 32.2. The molecule has 4 atom stereocenters. The van der Waals surface area contributed by atoms with E-state index in [1.165, 1.54) is 25.7 Å². The third-order valence-corrected chi connectivity index (χ3v) is 7.01. The molecule has 0 radical (unpaired) electrons. The molecule has 0 aromatic carbocycles. The molecule has 1 heterocycles. The summed E-state index contributed by atoms with van der Waals surface area (Å²) < 4.78 is 18.3. The van der Waals surface area contributed by atoms with Crippen LogP contribution in [0, 0.1) is 5.92 Å². The first-order chi connectivity index (χ1) is 9.26. The molecule has 2 rings (SSSR count). The zero-order valence-corrected chi connectivity index (χ0v) is 13.2. The van der Waals surface area contributed by atoms with E-state index in [4.69, 9.17) is 4.74 Å². The lowest BCUT2D eigenvalue weighted by atomic mass is 9.83. The molecule has 0 spiro atoms. The fraction of sp³-hybridized carbons (Fsp3) is 1.00. The van der Waals surface area contributed by atoms with Crippen LogP contribution < -0.4 is 5.32 Å². The fourth-order valence-electron chi connectivity index (χ4n) is 3.62. The predicted octanol–water partition coefficient (Wildman–Crippen LogP) is 2.47. The van der Waals surface area contributed by atoms with Crippen molar-refractivity contribution in [3.05, 3.63) is 0 Å². The van der Waals surface area contributed by atoms with Gasteiger partial charge >= 0.3 is 0 Å². The third-order valence-electron chi connectivity index (χ3n) is 4.76. The summed E-state index contributed by atoms with van der Waals surface area (Å²) in [5.74, 6) is 0.795. The van der Waals surface area contributed by atoms with Crippen molar-refractivity contribution in [3.63, 3.8) is 0 Å². The SMILES string of the molecule is CCCC1CCC(NC)C(S(=O)C2CCOCC2)C1. The van der Waals surface area contributed by atoms with Crippen LogP contribution in [0.2, 0.25) is 0 Å². The van der Waals surface area contributed by atoms with Crippen LogP contribution in [0.1, 0.15) is 51.9 Å². The van der Waals surface area contributed by atoms with Gasteiger partial charge in [0.25, 0.3) is 0 Å². The lowest BCUT2D eigenvalue weighted by molar-refractivity contribution is 0.0988. The summed E-state index contributed by atoms with van der Waals surface area (Å²) >= 11 is 0. The highest BCUT2D eigenvalue weighted by Gasteiger charge is 2.36. The first-order valence-corrected chi connectivity index (χ1v) is 9.18. The van der Waals surface area contributed by atoms with E-state index in [9.17, 15) is 4.21 Å². The Labute approximate surface area is 120 Å². The molecule has 0 amide bonds. The van der Waals surface area contributed by atoms with Gasteiger partial charge in [-0.3, -0.25) is 4.21 Å². The Hall–Kier alpha value is 0.0700. The third kappa shape index (κ3) is 4.02. The average Bonchev–Trinajstić information content (AvgIpc) is 2.47. The second-order valence-electron chi connectivity index (χ2n) is 6.04. The molecule has 0 bridgehead atoms. The van der Waals surface area contributed by atoms with E-state index in [0.29, 0.717) is 16.5 Å². The Morgan fingerprint density at radius 3 is 2.58 bits per heavy atom. The van der Waals surface area contributed by atoms with Crippen molar-refractivity contribution >= 4 is 10.8 Å². The van der Waals surface area contributed by atoms with Gasteiger partial charge in [-0.05, 0) is 45.1 Å². The van der Waals surface area contributed by atoms with Gasteiger partial charge in [0.2, 0.25) is 0 Å². The van der Waals surface area contributed by atoms with Crippen molar-refractivity contribution in [2.45, 2.75) is 68.4 Å². The van der Waals surface area contributed by atoms with Crippen LogP contribution >= 0.6 is 0 Å². The number of rotatable bonds is 5. The van der Waals surface area contributed by atoms with E-state index in [1.807, 2.05) is 7.05 Å². The Morgan fingerprint density at radius 1 is 1.21 bits per heavy atom. The molecular weight excluding hydrogens is 258 g/mol. The van der Waals surface area contributed by atoms with Crippen LogP contribution in [0.25, 0.3) is 0 Å². The van der Waals surface area contributed by atoms with E-state index in [-0.39, 0.29) is 0 Å². The summed E-state index contributed by atoms with van der Waals surface area (Å²) in [5.41, 5.74) is 0. The first-order valence-electron chi connectivity index (χ1n) is 7.90. The van der Waals surface area contributed by atoms with Gasteiger partial charge in [-0.15, -0.1) is 0 Å². The molecule has 0 aromatic heterocycles. The molecule has 3 nitrogen and oxygen atoms in total. The Bertz CT molecular complexity index is 292. The molecule has 2 aliphatic rings. The summed E-state index contributed by atoms with van der Waals surface area (Å²) in [4.78, 5) is 0. The highest BCUT2D eigenvalue weighted by Crippen LogP contribution is 2.33. The molecule has 1 aliphatic heterocycles. The zero-order chi connectivity index (χ0) is 13.7. The van der Waals surface area contributed by atoms with Gasteiger partial charge in [0.1, 0.15) is 0 Å². The maximum atomic E-state index is 12.9. The lowest BCUT2D eigenvalue weighted by Crippen LogP contribution is -2.47. The average molecular weight is 287 g/mol. The number of nitrogens with one attached hydrogen (secondary N) is 1. The van der Waals surface area contributed by atoms with Crippen LogP contribution in [-0.4, -0.2) is 41.0 Å². The van der Waals surface area contributed by atoms with Gasteiger partial charge in [0, 0.05) is 35.3 Å². The van der Waals surface area contributed by atoms with Crippen molar-refractivity contribution in [1.82, 2.24) is 5.32 Å². The van der Waals surface area contributed by atoms with E-state index >= 15 is 0 Å². The van der Waals surface area contributed by atoms with Crippen LogP contribution in [0.3, 0.4) is 0 Å². The van der Waals surface area contributed by atoms with Gasteiger partial charge in [-0.1, -0.05) is 19.8 Å². The molecule has 1 saturated heterocycles. The minimum Gasteiger partial charge on any atom is -0.381 e. The fourth-order valence-corrected chi connectivity index (χ4v) is 5.83. The normalized spacial score (nSPS) is 35.2. The largest absolute Gasteiger partial charge is 0.381 e.